The molecule has 4 unspecified atom stereocenters. The lowest BCUT2D eigenvalue weighted by Crippen LogP contribution is -2.38. The number of fused-ring (bicyclic) bond motifs is 2. The molecule has 9 atom stereocenters. The third kappa shape index (κ3) is 6.13. The summed E-state index contributed by atoms with van der Waals surface area (Å²) in [6.07, 6.45) is -4.95. The van der Waals surface area contributed by atoms with Gasteiger partial charge < -0.3 is 30.3 Å². The first kappa shape index (κ1) is 31.4. The number of imidazole rings is 2. The Hall–Kier alpha value is -2.59. The summed E-state index contributed by atoms with van der Waals surface area (Å²) >= 11 is 7.44. The predicted molar refractivity (Wildman–Crippen MR) is 154 cm³/mol. The Balaban J connectivity index is 1.23. The summed E-state index contributed by atoms with van der Waals surface area (Å²) in [6.45, 7) is -9.45. The largest absolute Gasteiger partial charge is 0.388 e. The van der Waals surface area contributed by atoms with Crippen LogP contribution in [0.3, 0.4) is 0 Å². The van der Waals surface area contributed by atoms with E-state index in [4.69, 9.17) is 28.8 Å². The first-order valence-electron chi connectivity index (χ1n) is 12.5. The number of aliphatic hydroxyl groups is 2. The van der Waals surface area contributed by atoms with Crippen LogP contribution in [0.5, 0.6) is 0 Å². The molecule has 238 valence electrons. The molecule has 0 radical (unpaired) electrons. The standard InChI is InChI=1S/C20H24N8O12P2S2/c21-19-24-15-12(16(31)25-19)23-7-28(15)17-8(29)5-11(38-17)39-42(35,44)40-14-13(30)9(6-36-41(33,34)43)37-18(14)27-3-1-10-22-2-4-26(10)20(27)32/h1-4,7-9,11,13-14,17-18,29-30H,5-6H2,(H,35,44)(H2,33,34,43)(H3,21,24,25,31)/t8?,9-,11-,13-,14?,17-,18-,42?/m1/s1. The first-order chi connectivity index (χ1) is 20.7. The van der Waals surface area contributed by atoms with Gasteiger partial charge in [-0.1, -0.05) is 24.5 Å². The van der Waals surface area contributed by atoms with E-state index in [2.05, 4.69) is 44.4 Å². The Kier molecular flexibility index (Phi) is 8.31. The number of aromatic nitrogens is 7. The zero-order valence-corrected chi connectivity index (χ0v) is 25.5. The fraction of sp³-hybridized carbons (Fsp3) is 0.450. The molecule has 2 fully saturated rings. The molecule has 44 heavy (non-hydrogen) atoms. The molecule has 2 aliphatic rings. The Morgan fingerprint density at radius 1 is 1.11 bits per heavy atom. The maximum atomic E-state index is 13.5. The second-order valence-electron chi connectivity index (χ2n) is 9.68. The molecule has 6 N–H and O–H groups in total. The Bertz CT molecular complexity index is 1930. The number of aliphatic hydroxyl groups excluding tert-OH is 2. The van der Waals surface area contributed by atoms with Crippen LogP contribution in [-0.2, 0) is 32.2 Å². The molecule has 2 aliphatic heterocycles. The lowest BCUT2D eigenvalue weighted by molar-refractivity contribution is -0.113. The van der Waals surface area contributed by atoms with Crippen LogP contribution in [0.2, 0.25) is 0 Å². The Morgan fingerprint density at radius 3 is 2.64 bits per heavy atom. The van der Waals surface area contributed by atoms with Crippen molar-refractivity contribution in [2.75, 3.05) is 12.3 Å². The molecular formula is C20H24N8O12P2S2. The van der Waals surface area contributed by atoms with Crippen LogP contribution in [0.25, 0.3) is 16.8 Å². The predicted octanol–water partition coefficient (Wildman–Crippen LogP) is -0.438. The number of aromatic amines is 1. The van der Waals surface area contributed by atoms with Crippen molar-refractivity contribution >= 4 is 60.9 Å². The maximum Gasteiger partial charge on any atom is 0.388 e. The van der Waals surface area contributed by atoms with Gasteiger partial charge in [0.1, 0.15) is 30.1 Å². The van der Waals surface area contributed by atoms with Gasteiger partial charge in [0.05, 0.1) is 12.9 Å². The minimum Gasteiger partial charge on any atom is -0.388 e. The summed E-state index contributed by atoms with van der Waals surface area (Å²) in [5, 5.41) is 21.7. The molecule has 6 rings (SSSR count). The van der Waals surface area contributed by atoms with E-state index >= 15 is 0 Å². The van der Waals surface area contributed by atoms with Gasteiger partial charge in [-0.05, 0) is 6.07 Å². The van der Waals surface area contributed by atoms with Crippen LogP contribution in [0, 0.1) is 0 Å². The molecule has 0 aromatic carbocycles. The highest BCUT2D eigenvalue weighted by Gasteiger charge is 2.50. The molecule has 24 heteroatoms. The van der Waals surface area contributed by atoms with E-state index in [1.165, 1.54) is 40.0 Å². The van der Waals surface area contributed by atoms with Crippen molar-refractivity contribution in [1.82, 2.24) is 33.5 Å². The van der Waals surface area contributed by atoms with Gasteiger partial charge in [-0.3, -0.25) is 36.9 Å². The van der Waals surface area contributed by atoms with Gasteiger partial charge in [-0.2, -0.15) is 4.98 Å². The second-order valence-corrected chi connectivity index (χ2v) is 15.3. The average molecular weight is 695 g/mol. The molecular weight excluding hydrogens is 670 g/mol. The number of hydrogen-bond donors (Lipinski definition) is 7. The topological polar surface area (TPSA) is 270 Å². The van der Waals surface area contributed by atoms with Gasteiger partial charge in [0.25, 0.3) is 5.56 Å². The van der Waals surface area contributed by atoms with Crippen molar-refractivity contribution in [2.24, 2.45) is 0 Å². The van der Waals surface area contributed by atoms with Crippen LogP contribution < -0.4 is 17.0 Å². The second kappa shape index (κ2) is 11.6. The van der Waals surface area contributed by atoms with Gasteiger partial charge in [-0.25, -0.2) is 23.9 Å². The van der Waals surface area contributed by atoms with Crippen LogP contribution in [0.15, 0.2) is 40.6 Å². The number of rotatable bonds is 9. The van der Waals surface area contributed by atoms with Crippen molar-refractivity contribution in [3.05, 3.63) is 51.8 Å². The van der Waals surface area contributed by atoms with Gasteiger partial charge in [0.15, 0.2) is 29.9 Å². The third-order valence-electron chi connectivity index (χ3n) is 6.76. The monoisotopic (exact) mass is 694 g/mol. The van der Waals surface area contributed by atoms with Crippen LogP contribution in [-0.4, -0.2) is 85.9 Å². The number of anilines is 1. The molecule has 0 amide bonds. The number of nitrogens with zero attached hydrogens (tertiary/aromatic N) is 6. The van der Waals surface area contributed by atoms with E-state index in [-0.39, 0.29) is 23.5 Å². The lowest BCUT2D eigenvalue weighted by Gasteiger charge is -2.26. The van der Waals surface area contributed by atoms with Crippen LogP contribution >= 0.6 is 38.1 Å². The van der Waals surface area contributed by atoms with Gasteiger partial charge in [0, 0.05) is 25.0 Å². The molecule has 0 saturated carbocycles. The summed E-state index contributed by atoms with van der Waals surface area (Å²) in [7, 11) is 0. The van der Waals surface area contributed by atoms with E-state index in [9.17, 15) is 33.8 Å². The highest BCUT2D eigenvalue weighted by atomic mass is 32.7. The maximum absolute atomic E-state index is 13.5. The lowest BCUT2D eigenvalue weighted by atomic mass is 10.1. The summed E-state index contributed by atoms with van der Waals surface area (Å²) in [5.41, 5.74) is 4.59. The van der Waals surface area contributed by atoms with Crippen molar-refractivity contribution in [3.8, 4) is 0 Å². The quantitative estimate of drug-likeness (QED) is 0.0864. The summed E-state index contributed by atoms with van der Waals surface area (Å²) in [6, 6.07) is 1.47. The summed E-state index contributed by atoms with van der Waals surface area (Å²) < 4.78 is 55.8. The average Bonchev–Trinajstić information content (AvgIpc) is 3.70. The van der Waals surface area contributed by atoms with Crippen molar-refractivity contribution in [3.63, 3.8) is 0 Å². The minimum absolute atomic E-state index is 0.0116. The summed E-state index contributed by atoms with van der Waals surface area (Å²) in [4.78, 5) is 49.0. The number of hydrogen-bond acceptors (Lipinski definition) is 15. The van der Waals surface area contributed by atoms with Crippen molar-refractivity contribution in [1.29, 1.82) is 0 Å². The molecule has 0 aliphatic carbocycles. The highest BCUT2D eigenvalue weighted by molar-refractivity contribution is 8.44. The molecule has 0 bridgehead atoms. The third-order valence-corrected chi connectivity index (χ3v) is 9.17. The number of thiol groups is 2. The number of ether oxygens (including phenoxy) is 2. The minimum atomic E-state index is -4.50. The van der Waals surface area contributed by atoms with E-state index in [1.807, 2.05) is 0 Å². The fourth-order valence-corrected chi connectivity index (χ4v) is 7.09. The van der Waals surface area contributed by atoms with Gasteiger partial charge >= 0.3 is 19.3 Å². The van der Waals surface area contributed by atoms with E-state index in [0.717, 1.165) is 4.57 Å². The SMILES string of the molecule is Nc1nc2c(ncn2[C@@H]2O[C@H](OP(=O)(S)OC3[C@H](n4ccc5nccn5c4=O)O[C@H](COP(=O)(O)S)[C@H]3O)CC2O)c(=O)[nH]1. The first-order valence-corrected chi connectivity index (χ1v) is 18.0. The number of nitrogen functional groups attached to an aromatic ring is 1. The summed E-state index contributed by atoms with van der Waals surface area (Å²) in [5.74, 6) is -0.198. The normalized spacial score (nSPS) is 30.2. The zero-order chi connectivity index (χ0) is 31.6. The van der Waals surface area contributed by atoms with Gasteiger partial charge in [-0.15, -0.1) is 0 Å². The van der Waals surface area contributed by atoms with E-state index in [0.29, 0.717) is 5.65 Å². The van der Waals surface area contributed by atoms with Gasteiger partial charge in [0.2, 0.25) is 5.95 Å². The molecule has 6 heterocycles. The zero-order valence-electron chi connectivity index (χ0n) is 21.9. The Morgan fingerprint density at radius 2 is 1.89 bits per heavy atom. The van der Waals surface area contributed by atoms with Crippen molar-refractivity contribution in [2.45, 2.75) is 49.6 Å². The van der Waals surface area contributed by atoms with E-state index < -0.39 is 74.6 Å². The molecule has 0 spiro atoms. The van der Waals surface area contributed by atoms with Crippen LogP contribution in [0.4, 0.5) is 5.95 Å². The molecule has 4 aromatic rings. The fourth-order valence-electron chi connectivity index (χ4n) is 4.88. The molecule has 4 aromatic heterocycles. The number of H-pyrrole nitrogens is 1. The number of nitrogens with one attached hydrogen (secondary N) is 1. The molecule has 2 saturated heterocycles. The Labute approximate surface area is 255 Å². The van der Waals surface area contributed by atoms with Crippen LogP contribution in [0.1, 0.15) is 18.9 Å². The smallest absolute Gasteiger partial charge is 0.388 e. The molecule has 20 nitrogen and oxygen atoms in total. The number of nitrogens with two attached hydrogens (primary N) is 1. The highest BCUT2D eigenvalue weighted by Crippen LogP contribution is 2.59. The van der Waals surface area contributed by atoms with Crippen molar-refractivity contribution < 1.29 is 47.3 Å². The van der Waals surface area contributed by atoms with E-state index in [1.54, 1.807) is 0 Å².